The predicted octanol–water partition coefficient (Wildman–Crippen LogP) is 4.91. The summed E-state index contributed by atoms with van der Waals surface area (Å²) in [5.41, 5.74) is 1.18. The zero-order valence-electron chi connectivity index (χ0n) is 12.2. The van der Waals surface area contributed by atoms with E-state index in [4.69, 9.17) is 12.2 Å². The van der Waals surface area contributed by atoms with Crippen LogP contribution in [0.4, 0.5) is 0 Å². The summed E-state index contributed by atoms with van der Waals surface area (Å²) in [5, 5.41) is 10.1. The number of Topliss-reactive ketones (excluding diaryl/α,β-unsaturated/α-hetero) is 1. The van der Waals surface area contributed by atoms with Crippen molar-refractivity contribution in [2.24, 2.45) is 0 Å². The van der Waals surface area contributed by atoms with Gasteiger partial charge in [0.15, 0.2) is 5.78 Å². The third kappa shape index (κ3) is 4.24. The van der Waals surface area contributed by atoms with Crippen molar-refractivity contribution >= 4 is 65.9 Å². The molecule has 1 aromatic rings. The lowest BCUT2D eigenvalue weighted by Crippen LogP contribution is -2.33. The number of benzene rings is 1. The van der Waals surface area contributed by atoms with Gasteiger partial charge >= 0.3 is 0 Å². The molecule has 3 nitrogen and oxygen atoms in total. The second kappa shape index (κ2) is 8.13. The number of aromatic hydroxyl groups is 1. The molecule has 0 atom stereocenters. The fourth-order valence-electron chi connectivity index (χ4n) is 2.29. The van der Waals surface area contributed by atoms with Crippen molar-refractivity contribution in [3.63, 3.8) is 0 Å². The maximum atomic E-state index is 12.4. The molecule has 1 fully saturated rings. The van der Waals surface area contributed by atoms with Crippen LogP contribution >= 0.6 is 55.8 Å². The zero-order valence-corrected chi connectivity index (χ0v) is 17.0. The molecule has 0 aromatic heterocycles. The number of likely N-dealkylation sites (tertiary alicyclic amines) is 1. The van der Waals surface area contributed by atoms with Crippen molar-refractivity contribution in [1.82, 2.24) is 4.90 Å². The number of thiocarbonyl (C=S) groups is 1. The van der Waals surface area contributed by atoms with Gasteiger partial charge in [0.2, 0.25) is 0 Å². The number of thioether (sulfide) groups is 1. The summed E-state index contributed by atoms with van der Waals surface area (Å²) in [6.07, 6.45) is 3.57. The lowest BCUT2D eigenvalue weighted by molar-refractivity contribution is 0.102. The van der Waals surface area contributed by atoms with Gasteiger partial charge in [-0.25, -0.2) is 0 Å². The van der Waals surface area contributed by atoms with E-state index in [2.05, 4.69) is 36.8 Å². The molecule has 0 spiro atoms. The molecule has 0 bridgehead atoms. The van der Waals surface area contributed by atoms with Crippen molar-refractivity contribution in [3.05, 3.63) is 26.1 Å². The third-order valence-electron chi connectivity index (χ3n) is 3.66. The predicted molar refractivity (Wildman–Crippen MR) is 103 cm³/mol. The quantitative estimate of drug-likeness (QED) is 0.506. The zero-order chi connectivity index (χ0) is 16.3. The third-order valence-corrected chi connectivity index (χ3v) is 6.98. The van der Waals surface area contributed by atoms with Gasteiger partial charge in [0.1, 0.15) is 10.1 Å². The van der Waals surface area contributed by atoms with Crippen LogP contribution in [-0.4, -0.2) is 39.0 Å². The molecule has 0 amide bonds. The fraction of sp³-hybridized carbons (Fsp3) is 0.467. The Kier molecular flexibility index (Phi) is 6.73. The van der Waals surface area contributed by atoms with E-state index in [-0.39, 0.29) is 17.3 Å². The van der Waals surface area contributed by atoms with Crippen molar-refractivity contribution < 1.29 is 9.90 Å². The van der Waals surface area contributed by atoms with Crippen LogP contribution in [-0.2, 0) is 0 Å². The molecule has 0 radical (unpaired) electrons. The van der Waals surface area contributed by atoms with E-state index in [1.54, 1.807) is 6.07 Å². The summed E-state index contributed by atoms with van der Waals surface area (Å²) >= 11 is 13.5. The molecular formula is C15H17Br2NO2S2. The van der Waals surface area contributed by atoms with E-state index in [0.717, 1.165) is 40.3 Å². The van der Waals surface area contributed by atoms with Gasteiger partial charge in [0.25, 0.3) is 0 Å². The Hall–Kier alpha value is -0.110. The Morgan fingerprint density at radius 2 is 2.00 bits per heavy atom. The summed E-state index contributed by atoms with van der Waals surface area (Å²) < 4.78 is 2.12. The lowest BCUT2D eigenvalue weighted by Gasteiger charge is -2.28. The van der Waals surface area contributed by atoms with E-state index in [1.165, 1.54) is 18.2 Å². The topological polar surface area (TPSA) is 40.5 Å². The van der Waals surface area contributed by atoms with Crippen molar-refractivity contribution in [3.8, 4) is 5.75 Å². The molecule has 0 unspecified atom stereocenters. The molecule has 2 rings (SSSR count). The van der Waals surface area contributed by atoms with E-state index in [9.17, 15) is 9.90 Å². The number of ketones is 1. The number of phenols is 1. The van der Waals surface area contributed by atoms with Gasteiger partial charge in [-0.1, -0.05) is 39.9 Å². The monoisotopic (exact) mass is 465 g/mol. The van der Waals surface area contributed by atoms with Crippen LogP contribution in [0.15, 0.2) is 15.0 Å². The Morgan fingerprint density at radius 3 is 2.64 bits per heavy atom. The molecule has 1 saturated heterocycles. The normalized spacial score (nSPS) is 15.0. The minimum absolute atomic E-state index is 0.00445. The Balaban J connectivity index is 2.02. The van der Waals surface area contributed by atoms with Gasteiger partial charge in [0, 0.05) is 17.6 Å². The Labute approximate surface area is 157 Å². The van der Waals surface area contributed by atoms with Crippen LogP contribution in [0.25, 0.3) is 0 Å². The highest BCUT2D eigenvalue weighted by Gasteiger charge is 2.20. The maximum Gasteiger partial charge on any atom is 0.176 e. The molecule has 1 aliphatic heterocycles. The molecule has 0 saturated carbocycles. The highest BCUT2D eigenvalue weighted by Crippen LogP contribution is 2.36. The molecular weight excluding hydrogens is 450 g/mol. The molecule has 0 aliphatic carbocycles. The Bertz CT molecular complexity index is 602. The summed E-state index contributed by atoms with van der Waals surface area (Å²) in [5.74, 6) is 0.114. The number of hydrogen-bond donors (Lipinski definition) is 1. The number of nitrogens with zero attached hydrogens (tertiary/aromatic N) is 1. The van der Waals surface area contributed by atoms with Gasteiger partial charge in [-0.15, -0.1) is 0 Å². The molecule has 1 aromatic carbocycles. The molecule has 1 aliphatic rings. The number of hydrogen-bond acceptors (Lipinski definition) is 4. The van der Waals surface area contributed by atoms with Crippen LogP contribution in [0.5, 0.6) is 5.75 Å². The number of piperidine rings is 1. The summed E-state index contributed by atoms with van der Waals surface area (Å²) in [6.45, 7) is 3.82. The van der Waals surface area contributed by atoms with E-state index < -0.39 is 0 Å². The second-order valence-corrected chi connectivity index (χ2v) is 8.48. The van der Waals surface area contributed by atoms with Gasteiger partial charge in [-0.2, -0.15) is 0 Å². The lowest BCUT2D eigenvalue weighted by atomic mass is 10.1. The molecule has 1 N–H and O–H groups in total. The smallest absolute Gasteiger partial charge is 0.176 e. The largest absolute Gasteiger partial charge is 0.506 e. The van der Waals surface area contributed by atoms with Gasteiger partial charge in [-0.05, 0) is 53.7 Å². The van der Waals surface area contributed by atoms with Gasteiger partial charge in [-0.3, -0.25) is 4.79 Å². The van der Waals surface area contributed by atoms with Crippen molar-refractivity contribution in [2.75, 3.05) is 18.8 Å². The van der Waals surface area contributed by atoms with Crippen molar-refractivity contribution in [1.29, 1.82) is 0 Å². The van der Waals surface area contributed by atoms with Crippen LogP contribution < -0.4 is 0 Å². The maximum absolute atomic E-state index is 12.4. The first-order valence-corrected chi connectivity index (χ1v) is 10.0. The molecule has 1 heterocycles. The highest BCUT2D eigenvalue weighted by molar-refractivity contribution is 9.11. The first-order valence-electron chi connectivity index (χ1n) is 7.04. The fourth-order valence-corrected chi connectivity index (χ4v) is 4.54. The summed E-state index contributed by atoms with van der Waals surface area (Å²) in [6, 6.07) is 1.67. The standard InChI is InChI=1S/C15H17Br2NO2S2/c1-9-11(16)7-10(14(20)13(9)17)12(19)8-22-15(21)18-5-3-2-4-6-18/h7,20H,2-6,8H2,1H3. The molecule has 22 heavy (non-hydrogen) atoms. The molecule has 120 valence electrons. The minimum Gasteiger partial charge on any atom is -0.506 e. The first kappa shape index (κ1) is 18.2. The second-order valence-electron chi connectivity index (χ2n) is 5.22. The van der Waals surface area contributed by atoms with Gasteiger partial charge in [0.05, 0.1) is 15.8 Å². The first-order chi connectivity index (χ1) is 10.4. The van der Waals surface area contributed by atoms with Crippen LogP contribution in [0.1, 0.15) is 35.2 Å². The molecule has 7 heteroatoms. The van der Waals surface area contributed by atoms with E-state index in [1.807, 2.05) is 6.92 Å². The number of carbonyl (C=O) groups excluding carboxylic acids is 1. The summed E-state index contributed by atoms with van der Waals surface area (Å²) in [4.78, 5) is 14.5. The van der Waals surface area contributed by atoms with Crippen LogP contribution in [0, 0.1) is 6.92 Å². The van der Waals surface area contributed by atoms with Crippen LogP contribution in [0.2, 0.25) is 0 Å². The average molecular weight is 467 g/mol. The van der Waals surface area contributed by atoms with E-state index >= 15 is 0 Å². The number of carbonyl (C=O) groups is 1. The van der Waals surface area contributed by atoms with Crippen LogP contribution in [0.3, 0.4) is 0 Å². The van der Waals surface area contributed by atoms with E-state index in [0.29, 0.717) is 10.0 Å². The van der Waals surface area contributed by atoms with Crippen molar-refractivity contribution in [2.45, 2.75) is 26.2 Å². The number of rotatable bonds is 3. The average Bonchev–Trinajstić information content (AvgIpc) is 2.54. The summed E-state index contributed by atoms with van der Waals surface area (Å²) in [7, 11) is 0. The SMILES string of the molecule is Cc1c(Br)cc(C(=O)CSC(=S)N2CCCCC2)c(O)c1Br. The number of halogens is 2. The van der Waals surface area contributed by atoms with Gasteiger partial charge < -0.3 is 10.0 Å². The minimum atomic E-state index is -0.122. The Morgan fingerprint density at radius 1 is 1.36 bits per heavy atom. The number of phenolic OH excluding ortho intramolecular Hbond substituents is 1. The highest BCUT2D eigenvalue weighted by atomic mass is 79.9.